The van der Waals surface area contributed by atoms with E-state index in [-0.39, 0.29) is 11.3 Å². The number of fused-ring (bicyclic) bond motifs is 1. The fourth-order valence-corrected chi connectivity index (χ4v) is 3.46. The lowest BCUT2D eigenvalue weighted by atomic mass is 9.99. The van der Waals surface area contributed by atoms with Crippen molar-refractivity contribution in [2.45, 2.75) is 12.5 Å². The van der Waals surface area contributed by atoms with Gasteiger partial charge in [-0.25, -0.2) is 0 Å². The van der Waals surface area contributed by atoms with Gasteiger partial charge in [0, 0.05) is 25.6 Å². The lowest BCUT2D eigenvalue weighted by Gasteiger charge is -2.24. The number of hydrogen-bond acceptors (Lipinski definition) is 6. The molecule has 1 aromatic carbocycles. The number of hydrogen-bond donors (Lipinski definition) is 1. The molecule has 3 aromatic rings. The van der Waals surface area contributed by atoms with Crippen LogP contribution >= 0.6 is 0 Å². The second-order valence-electron chi connectivity index (χ2n) is 6.50. The Balaban J connectivity index is 1.74. The molecule has 0 saturated heterocycles. The van der Waals surface area contributed by atoms with Crippen LogP contribution in [-0.2, 0) is 9.53 Å². The van der Waals surface area contributed by atoms with Crippen LogP contribution in [0.4, 0.5) is 0 Å². The lowest BCUT2D eigenvalue weighted by Crippen LogP contribution is -2.32. The number of amides is 1. The zero-order chi connectivity index (χ0) is 19.7. The number of rotatable bonds is 7. The number of para-hydroxylation sites is 1. The number of aliphatic hydroxyl groups is 1. The number of furan rings is 2. The molecular weight excluding hydrogens is 362 g/mol. The Morgan fingerprint density at radius 1 is 1.25 bits per heavy atom. The van der Waals surface area contributed by atoms with Gasteiger partial charge in [0.2, 0.25) is 5.78 Å². The first-order chi connectivity index (χ1) is 13.6. The summed E-state index contributed by atoms with van der Waals surface area (Å²) in [7, 11) is 1.57. The molecule has 3 heterocycles. The van der Waals surface area contributed by atoms with E-state index in [0.717, 1.165) is 5.39 Å². The average molecular weight is 381 g/mol. The van der Waals surface area contributed by atoms with Crippen molar-refractivity contribution < 1.29 is 28.3 Å². The van der Waals surface area contributed by atoms with Crippen molar-refractivity contribution in [3.63, 3.8) is 0 Å². The molecule has 0 aliphatic carbocycles. The largest absolute Gasteiger partial charge is 0.503 e. The summed E-state index contributed by atoms with van der Waals surface area (Å²) < 4.78 is 16.2. The van der Waals surface area contributed by atoms with E-state index in [4.69, 9.17) is 13.6 Å². The normalized spacial score (nSPS) is 17.1. The number of carbonyl (C=O) groups excluding carboxylic acids is 2. The summed E-state index contributed by atoms with van der Waals surface area (Å²) in [6, 6.07) is 11.4. The van der Waals surface area contributed by atoms with Crippen molar-refractivity contribution in [3.05, 3.63) is 71.6 Å². The van der Waals surface area contributed by atoms with E-state index in [0.29, 0.717) is 30.9 Å². The number of ketones is 1. The van der Waals surface area contributed by atoms with Crippen molar-refractivity contribution in [3.8, 4) is 0 Å². The van der Waals surface area contributed by atoms with Crippen LogP contribution in [0.2, 0.25) is 0 Å². The number of ether oxygens (including phenoxy) is 1. The van der Waals surface area contributed by atoms with Gasteiger partial charge in [0.15, 0.2) is 11.5 Å². The molecule has 1 aliphatic rings. The van der Waals surface area contributed by atoms with Gasteiger partial charge in [0.25, 0.3) is 5.91 Å². The summed E-state index contributed by atoms with van der Waals surface area (Å²) >= 11 is 0. The minimum Gasteiger partial charge on any atom is -0.503 e. The molecule has 0 spiro atoms. The third kappa shape index (κ3) is 2.99. The minimum atomic E-state index is -0.819. The summed E-state index contributed by atoms with van der Waals surface area (Å²) in [6.07, 6.45) is 2.02. The van der Waals surface area contributed by atoms with Crippen LogP contribution in [-0.4, -0.2) is 42.0 Å². The van der Waals surface area contributed by atoms with E-state index in [2.05, 4.69) is 0 Å². The summed E-state index contributed by atoms with van der Waals surface area (Å²) in [6.45, 7) is 0.751. The SMILES string of the molecule is COCCCN1C(=O)C(O)=C(C(=O)c2cc3ccccc3o2)C1c1ccco1. The Kier molecular flexibility index (Phi) is 4.75. The number of Topliss-reactive ketones (excluding diaryl/α,β-unsaturated/α-hetero) is 1. The second-order valence-corrected chi connectivity index (χ2v) is 6.50. The predicted molar refractivity (Wildman–Crippen MR) is 99.9 cm³/mol. The van der Waals surface area contributed by atoms with Gasteiger partial charge in [0.05, 0.1) is 11.8 Å². The van der Waals surface area contributed by atoms with Crippen molar-refractivity contribution >= 4 is 22.7 Å². The summed E-state index contributed by atoms with van der Waals surface area (Å²) in [5.41, 5.74) is 0.512. The quantitative estimate of drug-likeness (QED) is 0.496. The summed E-state index contributed by atoms with van der Waals surface area (Å²) in [5, 5.41) is 11.3. The first-order valence-corrected chi connectivity index (χ1v) is 8.91. The molecule has 0 radical (unpaired) electrons. The summed E-state index contributed by atoms with van der Waals surface area (Å²) in [5.74, 6) is -1.28. The average Bonchev–Trinajstić information content (AvgIpc) is 3.42. The molecule has 7 nitrogen and oxygen atoms in total. The standard InChI is InChI=1S/C21H19NO6/c1-26-10-5-9-22-18(15-8-4-11-27-15)17(20(24)21(22)25)19(23)16-12-13-6-2-3-7-14(13)28-16/h2-4,6-8,11-12,18,24H,5,9-10H2,1H3. The maximum absolute atomic E-state index is 13.2. The molecular formula is C21H19NO6. The topological polar surface area (TPSA) is 93.1 Å². The van der Waals surface area contributed by atoms with E-state index < -0.39 is 23.5 Å². The zero-order valence-electron chi connectivity index (χ0n) is 15.3. The maximum Gasteiger partial charge on any atom is 0.290 e. The third-order valence-corrected chi connectivity index (χ3v) is 4.76. The van der Waals surface area contributed by atoms with Gasteiger partial charge in [-0.3, -0.25) is 9.59 Å². The Morgan fingerprint density at radius 2 is 2.07 bits per heavy atom. The highest BCUT2D eigenvalue weighted by molar-refractivity contribution is 6.15. The van der Waals surface area contributed by atoms with Crippen LogP contribution in [0.25, 0.3) is 11.0 Å². The van der Waals surface area contributed by atoms with Crippen molar-refractivity contribution in [1.29, 1.82) is 0 Å². The van der Waals surface area contributed by atoms with Crippen molar-refractivity contribution in [2.24, 2.45) is 0 Å². The third-order valence-electron chi connectivity index (χ3n) is 4.76. The molecule has 4 rings (SSSR count). The molecule has 0 saturated carbocycles. The Morgan fingerprint density at radius 3 is 2.79 bits per heavy atom. The van der Waals surface area contributed by atoms with Gasteiger partial charge < -0.3 is 23.6 Å². The smallest absolute Gasteiger partial charge is 0.290 e. The molecule has 1 atom stereocenters. The van der Waals surface area contributed by atoms with Gasteiger partial charge in [-0.1, -0.05) is 18.2 Å². The molecule has 144 valence electrons. The van der Waals surface area contributed by atoms with Gasteiger partial charge in [-0.2, -0.15) is 0 Å². The van der Waals surface area contributed by atoms with E-state index >= 15 is 0 Å². The highest BCUT2D eigenvalue weighted by Crippen LogP contribution is 2.39. The number of aliphatic hydroxyl groups excluding tert-OH is 1. The Labute approximate surface area is 160 Å². The van der Waals surface area contributed by atoms with Crippen molar-refractivity contribution in [2.75, 3.05) is 20.3 Å². The number of benzene rings is 1. The van der Waals surface area contributed by atoms with Crippen molar-refractivity contribution in [1.82, 2.24) is 4.90 Å². The fourth-order valence-electron chi connectivity index (χ4n) is 3.46. The van der Waals surface area contributed by atoms with Gasteiger partial charge in [-0.05, 0) is 30.7 Å². The highest BCUT2D eigenvalue weighted by atomic mass is 16.5. The lowest BCUT2D eigenvalue weighted by molar-refractivity contribution is -0.129. The Bertz CT molecular complexity index is 1010. The highest BCUT2D eigenvalue weighted by Gasteiger charge is 2.45. The van der Waals surface area contributed by atoms with Crippen LogP contribution < -0.4 is 0 Å². The van der Waals surface area contributed by atoms with Crippen LogP contribution in [0.15, 0.2) is 68.9 Å². The van der Waals surface area contributed by atoms with E-state index in [1.54, 1.807) is 37.4 Å². The fraction of sp³-hybridized carbons (Fsp3) is 0.238. The molecule has 1 aliphatic heterocycles. The van der Waals surface area contributed by atoms with Gasteiger partial charge >= 0.3 is 0 Å². The van der Waals surface area contributed by atoms with E-state index in [9.17, 15) is 14.7 Å². The molecule has 1 amide bonds. The Hall–Kier alpha value is -3.32. The second kappa shape index (κ2) is 7.36. The monoisotopic (exact) mass is 381 g/mol. The number of methoxy groups -OCH3 is 1. The van der Waals surface area contributed by atoms with E-state index in [1.165, 1.54) is 11.2 Å². The molecule has 28 heavy (non-hydrogen) atoms. The molecule has 0 bridgehead atoms. The van der Waals surface area contributed by atoms with Crippen LogP contribution in [0.3, 0.4) is 0 Å². The first kappa shape index (κ1) is 18.1. The van der Waals surface area contributed by atoms with E-state index in [1.807, 2.05) is 12.1 Å². The molecule has 2 aromatic heterocycles. The molecule has 7 heteroatoms. The van der Waals surface area contributed by atoms with Gasteiger partial charge in [0.1, 0.15) is 17.4 Å². The molecule has 1 N–H and O–H groups in total. The van der Waals surface area contributed by atoms with Crippen LogP contribution in [0.1, 0.15) is 28.8 Å². The maximum atomic E-state index is 13.2. The minimum absolute atomic E-state index is 0.0450. The molecule has 0 fully saturated rings. The van der Waals surface area contributed by atoms with Crippen LogP contribution in [0, 0.1) is 0 Å². The summed E-state index contributed by atoms with van der Waals surface area (Å²) in [4.78, 5) is 27.3. The molecule has 1 unspecified atom stereocenters. The first-order valence-electron chi connectivity index (χ1n) is 8.91. The zero-order valence-corrected chi connectivity index (χ0v) is 15.3. The van der Waals surface area contributed by atoms with Gasteiger partial charge in [-0.15, -0.1) is 0 Å². The predicted octanol–water partition coefficient (Wildman–Crippen LogP) is 3.64. The number of carbonyl (C=O) groups is 2. The van der Waals surface area contributed by atoms with Crippen LogP contribution in [0.5, 0.6) is 0 Å². The number of nitrogens with zero attached hydrogens (tertiary/aromatic N) is 1.